The van der Waals surface area contributed by atoms with E-state index in [-0.39, 0.29) is 0 Å². The van der Waals surface area contributed by atoms with Crippen molar-refractivity contribution in [3.8, 4) is 0 Å². The Bertz CT molecular complexity index is 1070. The molecule has 1 saturated heterocycles. The first-order chi connectivity index (χ1) is 14.6. The molecule has 2 aromatic carbocycles. The van der Waals surface area contributed by atoms with E-state index in [2.05, 4.69) is 48.0 Å². The molecule has 0 saturated carbocycles. The largest absolute Gasteiger partial charge is 0.365 e. The van der Waals surface area contributed by atoms with Gasteiger partial charge >= 0.3 is 0 Å². The van der Waals surface area contributed by atoms with Crippen LogP contribution in [0.2, 0.25) is 5.02 Å². The summed E-state index contributed by atoms with van der Waals surface area (Å²) in [6.07, 6.45) is 5.71. The molecule has 2 aliphatic rings. The quantitative estimate of drug-likeness (QED) is 0.582. The highest BCUT2D eigenvalue weighted by Crippen LogP contribution is 2.35. The number of fused-ring (bicyclic) bond motifs is 2. The normalized spacial score (nSPS) is 19.4. The van der Waals surface area contributed by atoms with Crippen LogP contribution in [-0.2, 0) is 19.4 Å². The standard InChI is InChI=1S/C25H29ClN4/c1-17-20-13-15-30(23-10-4-7-18-6-3-9-21(26)25(18)23)16-22(20)28-24(27-17)12-11-19-8-5-14-29(19)2/h3-4,6-7,9-10,19H,5,8,11-16H2,1-2H3/t19-/m0/s1. The molecule has 1 fully saturated rings. The molecule has 0 unspecified atom stereocenters. The Balaban J connectivity index is 1.41. The fourth-order valence-corrected chi connectivity index (χ4v) is 5.46. The van der Waals surface area contributed by atoms with E-state index in [1.807, 2.05) is 12.1 Å². The second-order valence-corrected chi connectivity index (χ2v) is 9.16. The molecule has 5 heteroatoms. The van der Waals surface area contributed by atoms with Gasteiger partial charge in [-0.15, -0.1) is 0 Å². The number of rotatable bonds is 4. The summed E-state index contributed by atoms with van der Waals surface area (Å²) in [6.45, 7) is 5.15. The van der Waals surface area contributed by atoms with E-state index in [0.29, 0.717) is 6.04 Å². The van der Waals surface area contributed by atoms with Crippen molar-refractivity contribution in [1.82, 2.24) is 14.9 Å². The van der Waals surface area contributed by atoms with E-state index >= 15 is 0 Å². The molecule has 0 amide bonds. The maximum Gasteiger partial charge on any atom is 0.129 e. The molecule has 0 N–H and O–H groups in total. The van der Waals surface area contributed by atoms with Gasteiger partial charge in [0.15, 0.2) is 0 Å². The van der Waals surface area contributed by atoms with E-state index in [1.54, 1.807) is 0 Å². The molecule has 1 aromatic heterocycles. The van der Waals surface area contributed by atoms with Crippen LogP contribution < -0.4 is 4.90 Å². The van der Waals surface area contributed by atoms with Gasteiger partial charge in [-0.3, -0.25) is 0 Å². The molecule has 4 nitrogen and oxygen atoms in total. The first kappa shape index (κ1) is 19.8. The van der Waals surface area contributed by atoms with Gasteiger partial charge < -0.3 is 9.80 Å². The number of likely N-dealkylation sites (tertiary alicyclic amines) is 1. The molecular formula is C25H29ClN4. The highest BCUT2D eigenvalue weighted by atomic mass is 35.5. The third-order valence-electron chi connectivity index (χ3n) is 6.86. The van der Waals surface area contributed by atoms with E-state index in [0.717, 1.165) is 54.3 Å². The van der Waals surface area contributed by atoms with Crippen molar-refractivity contribution in [1.29, 1.82) is 0 Å². The van der Waals surface area contributed by atoms with Crippen molar-refractivity contribution in [2.45, 2.75) is 51.6 Å². The summed E-state index contributed by atoms with van der Waals surface area (Å²) >= 11 is 6.59. The maximum atomic E-state index is 6.59. The average Bonchev–Trinajstić information content (AvgIpc) is 3.16. The van der Waals surface area contributed by atoms with Crippen LogP contribution in [0.1, 0.15) is 42.0 Å². The predicted octanol–water partition coefficient (Wildman–Crippen LogP) is 5.18. The van der Waals surface area contributed by atoms with Crippen LogP contribution in [0, 0.1) is 6.92 Å². The summed E-state index contributed by atoms with van der Waals surface area (Å²) in [5.41, 5.74) is 4.88. The van der Waals surface area contributed by atoms with Crippen LogP contribution in [0.5, 0.6) is 0 Å². The molecule has 0 bridgehead atoms. The molecule has 0 spiro atoms. The molecule has 5 rings (SSSR count). The summed E-state index contributed by atoms with van der Waals surface area (Å²) < 4.78 is 0. The van der Waals surface area contributed by atoms with E-state index in [1.165, 1.54) is 41.7 Å². The van der Waals surface area contributed by atoms with Crippen molar-refractivity contribution in [3.05, 3.63) is 64.2 Å². The van der Waals surface area contributed by atoms with Gasteiger partial charge in [0.25, 0.3) is 0 Å². The molecule has 1 atom stereocenters. The summed E-state index contributed by atoms with van der Waals surface area (Å²) in [5, 5.41) is 3.14. The third-order valence-corrected chi connectivity index (χ3v) is 7.18. The van der Waals surface area contributed by atoms with Gasteiger partial charge in [0.2, 0.25) is 0 Å². The summed E-state index contributed by atoms with van der Waals surface area (Å²) in [7, 11) is 2.24. The fraction of sp³-hybridized carbons (Fsp3) is 0.440. The summed E-state index contributed by atoms with van der Waals surface area (Å²) in [6, 6.07) is 13.3. The Hall–Kier alpha value is -2.17. The number of aromatic nitrogens is 2. The molecule has 0 radical (unpaired) electrons. The maximum absolute atomic E-state index is 6.59. The first-order valence-electron chi connectivity index (χ1n) is 11.1. The lowest BCUT2D eigenvalue weighted by atomic mass is 10.0. The van der Waals surface area contributed by atoms with Crippen LogP contribution in [0.4, 0.5) is 5.69 Å². The topological polar surface area (TPSA) is 32.3 Å². The van der Waals surface area contributed by atoms with E-state index in [4.69, 9.17) is 21.6 Å². The van der Waals surface area contributed by atoms with Gasteiger partial charge in [-0.1, -0.05) is 35.9 Å². The highest BCUT2D eigenvalue weighted by Gasteiger charge is 2.24. The van der Waals surface area contributed by atoms with Crippen molar-refractivity contribution in [3.63, 3.8) is 0 Å². The van der Waals surface area contributed by atoms with Crippen molar-refractivity contribution < 1.29 is 0 Å². The van der Waals surface area contributed by atoms with Crippen LogP contribution in [0.3, 0.4) is 0 Å². The molecule has 156 valence electrons. The van der Waals surface area contributed by atoms with Gasteiger partial charge in [0.1, 0.15) is 5.82 Å². The number of benzene rings is 2. The minimum atomic E-state index is 0.680. The van der Waals surface area contributed by atoms with Gasteiger partial charge in [-0.25, -0.2) is 9.97 Å². The monoisotopic (exact) mass is 420 g/mol. The Labute approximate surface area is 183 Å². The Morgan fingerprint density at radius 3 is 2.73 bits per heavy atom. The SMILES string of the molecule is Cc1nc(CC[C@@H]2CCCN2C)nc2c1CCN(c1cccc3cccc(Cl)c13)C2. The van der Waals surface area contributed by atoms with E-state index < -0.39 is 0 Å². The zero-order valence-electron chi connectivity index (χ0n) is 17.9. The van der Waals surface area contributed by atoms with Gasteiger partial charge in [-0.05, 0) is 69.3 Å². The number of anilines is 1. The van der Waals surface area contributed by atoms with Crippen LogP contribution >= 0.6 is 11.6 Å². The molecular weight excluding hydrogens is 392 g/mol. The predicted molar refractivity (Wildman–Crippen MR) is 124 cm³/mol. The first-order valence-corrected chi connectivity index (χ1v) is 11.5. The van der Waals surface area contributed by atoms with Crippen LogP contribution in [0.15, 0.2) is 36.4 Å². The zero-order chi connectivity index (χ0) is 20.7. The molecule has 3 aromatic rings. The number of hydrogen-bond donors (Lipinski definition) is 0. The van der Waals surface area contributed by atoms with Gasteiger partial charge in [0.05, 0.1) is 17.3 Å². The lowest BCUT2D eigenvalue weighted by molar-refractivity contribution is 0.295. The second-order valence-electron chi connectivity index (χ2n) is 8.75. The van der Waals surface area contributed by atoms with Crippen LogP contribution in [0.25, 0.3) is 10.8 Å². The van der Waals surface area contributed by atoms with E-state index in [9.17, 15) is 0 Å². The Kier molecular flexibility index (Phi) is 5.38. The van der Waals surface area contributed by atoms with Crippen molar-refractivity contribution in [2.75, 3.05) is 25.0 Å². The second kappa shape index (κ2) is 8.16. The minimum Gasteiger partial charge on any atom is -0.365 e. The number of nitrogens with zero attached hydrogens (tertiary/aromatic N) is 4. The average molecular weight is 421 g/mol. The van der Waals surface area contributed by atoms with Crippen molar-refractivity contribution in [2.24, 2.45) is 0 Å². The van der Waals surface area contributed by atoms with Gasteiger partial charge in [-0.2, -0.15) is 0 Å². The number of halogens is 1. The lowest BCUT2D eigenvalue weighted by Gasteiger charge is -2.32. The Morgan fingerprint density at radius 1 is 1.10 bits per heavy atom. The molecule has 3 heterocycles. The highest BCUT2D eigenvalue weighted by molar-refractivity contribution is 6.36. The summed E-state index contributed by atoms with van der Waals surface area (Å²) in [4.78, 5) is 14.8. The molecule has 2 aliphatic heterocycles. The molecule has 30 heavy (non-hydrogen) atoms. The zero-order valence-corrected chi connectivity index (χ0v) is 18.6. The Morgan fingerprint density at radius 2 is 1.93 bits per heavy atom. The minimum absolute atomic E-state index is 0.680. The third kappa shape index (κ3) is 3.67. The van der Waals surface area contributed by atoms with Crippen molar-refractivity contribution >= 4 is 28.1 Å². The smallest absolute Gasteiger partial charge is 0.129 e. The fourth-order valence-electron chi connectivity index (χ4n) is 5.18. The lowest BCUT2D eigenvalue weighted by Crippen LogP contribution is -2.32. The van der Waals surface area contributed by atoms with Gasteiger partial charge in [0, 0.05) is 35.8 Å². The number of aryl methyl sites for hydroxylation is 2. The summed E-state index contributed by atoms with van der Waals surface area (Å²) in [5.74, 6) is 1.00. The van der Waals surface area contributed by atoms with Crippen LogP contribution in [-0.4, -0.2) is 41.0 Å². The molecule has 0 aliphatic carbocycles. The number of hydrogen-bond acceptors (Lipinski definition) is 4.